The van der Waals surface area contributed by atoms with E-state index in [-0.39, 0.29) is 18.3 Å². The van der Waals surface area contributed by atoms with E-state index in [1.807, 2.05) is 42.5 Å². The molecule has 2 aromatic rings. The summed E-state index contributed by atoms with van der Waals surface area (Å²) in [5, 5.41) is 6.45. The predicted molar refractivity (Wildman–Crippen MR) is 102 cm³/mol. The third kappa shape index (κ3) is 5.08. The molecule has 1 atom stereocenters. The molecule has 3 nitrogen and oxygen atoms in total. The number of halogens is 1. The van der Waals surface area contributed by atoms with Gasteiger partial charge in [-0.25, -0.2) is 0 Å². The smallest absolute Gasteiger partial charge is 0.251 e. The Balaban J connectivity index is 0.00000208. The molecule has 0 aromatic heterocycles. The Morgan fingerprint density at radius 3 is 2.42 bits per heavy atom. The highest BCUT2D eigenvalue weighted by Crippen LogP contribution is 2.19. The number of amides is 1. The first-order valence-corrected chi connectivity index (χ1v) is 8.47. The third-order valence-electron chi connectivity index (χ3n) is 4.49. The van der Waals surface area contributed by atoms with E-state index in [2.05, 4.69) is 22.8 Å². The summed E-state index contributed by atoms with van der Waals surface area (Å²) in [6.45, 7) is 2.98. The molecule has 4 heteroatoms. The average molecular weight is 345 g/mol. The highest BCUT2D eigenvalue weighted by atomic mass is 35.5. The van der Waals surface area contributed by atoms with Crippen LogP contribution in [0.4, 0.5) is 0 Å². The van der Waals surface area contributed by atoms with Crippen molar-refractivity contribution in [2.24, 2.45) is 5.92 Å². The van der Waals surface area contributed by atoms with Crippen molar-refractivity contribution in [1.29, 1.82) is 0 Å². The molecular weight excluding hydrogens is 320 g/mol. The normalized spacial score (nSPS) is 16.9. The molecule has 1 heterocycles. The van der Waals surface area contributed by atoms with Crippen LogP contribution in [0.1, 0.15) is 29.6 Å². The number of piperidine rings is 1. The number of rotatable bonds is 5. The fourth-order valence-electron chi connectivity index (χ4n) is 3.11. The molecule has 1 aliphatic rings. The summed E-state index contributed by atoms with van der Waals surface area (Å²) in [6, 6.07) is 18.0. The summed E-state index contributed by atoms with van der Waals surface area (Å²) < 4.78 is 0. The van der Waals surface area contributed by atoms with Crippen molar-refractivity contribution < 1.29 is 4.79 Å². The van der Waals surface area contributed by atoms with Crippen LogP contribution in [0.25, 0.3) is 11.1 Å². The summed E-state index contributed by atoms with van der Waals surface area (Å²) in [5.41, 5.74) is 3.03. The van der Waals surface area contributed by atoms with Crippen LogP contribution in [-0.4, -0.2) is 25.5 Å². The second-order valence-corrected chi connectivity index (χ2v) is 6.20. The standard InChI is InChI=1S/C20H24N2O.ClH/c23-20(22-14-12-16-5-4-13-21-15-16)19-10-8-18(9-11-19)17-6-2-1-3-7-17;/h1-3,6-11,16,21H,4-5,12-15H2,(H,22,23);1H. The fourth-order valence-corrected chi connectivity index (χ4v) is 3.11. The summed E-state index contributed by atoms with van der Waals surface area (Å²) in [7, 11) is 0. The Bertz CT molecular complexity index is 622. The molecule has 1 aliphatic heterocycles. The SMILES string of the molecule is Cl.O=C(NCCC1CCCNC1)c1ccc(-c2ccccc2)cc1. The van der Waals surface area contributed by atoms with Gasteiger partial charge in [-0.15, -0.1) is 12.4 Å². The number of carbonyl (C=O) groups excluding carboxylic acids is 1. The highest BCUT2D eigenvalue weighted by molar-refractivity contribution is 5.94. The second-order valence-electron chi connectivity index (χ2n) is 6.20. The topological polar surface area (TPSA) is 41.1 Å². The van der Waals surface area contributed by atoms with Crippen LogP contribution < -0.4 is 10.6 Å². The molecule has 1 amide bonds. The van der Waals surface area contributed by atoms with Crippen LogP contribution in [0, 0.1) is 5.92 Å². The number of carbonyl (C=O) groups is 1. The van der Waals surface area contributed by atoms with Crippen LogP contribution in [0.2, 0.25) is 0 Å². The summed E-state index contributed by atoms with van der Waals surface area (Å²) in [6.07, 6.45) is 3.58. The van der Waals surface area contributed by atoms with Crippen molar-refractivity contribution in [2.45, 2.75) is 19.3 Å². The van der Waals surface area contributed by atoms with Crippen molar-refractivity contribution in [1.82, 2.24) is 10.6 Å². The molecule has 1 fully saturated rings. The Hall–Kier alpha value is -1.84. The van der Waals surface area contributed by atoms with Gasteiger partial charge in [0.2, 0.25) is 0 Å². The lowest BCUT2D eigenvalue weighted by Gasteiger charge is -2.22. The van der Waals surface area contributed by atoms with Gasteiger partial charge in [0, 0.05) is 12.1 Å². The molecule has 1 saturated heterocycles. The second kappa shape index (κ2) is 9.45. The number of nitrogens with one attached hydrogen (secondary N) is 2. The molecule has 0 aliphatic carbocycles. The lowest BCUT2D eigenvalue weighted by molar-refractivity contribution is 0.0950. The first-order chi connectivity index (χ1) is 11.3. The molecule has 24 heavy (non-hydrogen) atoms. The number of hydrogen-bond donors (Lipinski definition) is 2. The molecule has 128 valence electrons. The van der Waals surface area contributed by atoms with E-state index in [1.165, 1.54) is 18.4 Å². The predicted octanol–water partition coefficient (Wildman–Crippen LogP) is 3.89. The van der Waals surface area contributed by atoms with Gasteiger partial charge in [0.05, 0.1) is 0 Å². The van der Waals surface area contributed by atoms with Gasteiger partial charge < -0.3 is 10.6 Å². The van der Waals surface area contributed by atoms with E-state index in [4.69, 9.17) is 0 Å². The van der Waals surface area contributed by atoms with Gasteiger partial charge >= 0.3 is 0 Å². The number of hydrogen-bond acceptors (Lipinski definition) is 2. The van der Waals surface area contributed by atoms with Crippen LogP contribution in [0.5, 0.6) is 0 Å². The molecule has 0 radical (unpaired) electrons. The first-order valence-electron chi connectivity index (χ1n) is 8.47. The summed E-state index contributed by atoms with van der Waals surface area (Å²) in [5.74, 6) is 0.720. The minimum Gasteiger partial charge on any atom is -0.352 e. The van der Waals surface area contributed by atoms with E-state index >= 15 is 0 Å². The molecule has 2 N–H and O–H groups in total. The zero-order valence-electron chi connectivity index (χ0n) is 13.8. The Morgan fingerprint density at radius 1 is 1.04 bits per heavy atom. The molecule has 3 rings (SSSR count). The Morgan fingerprint density at radius 2 is 1.75 bits per heavy atom. The van der Waals surface area contributed by atoms with Crippen molar-refractivity contribution in [3.8, 4) is 11.1 Å². The maximum Gasteiger partial charge on any atom is 0.251 e. The highest BCUT2D eigenvalue weighted by Gasteiger charge is 2.13. The Labute approximate surface area is 150 Å². The van der Waals surface area contributed by atoms with Crippen molar-refractivity contribution in [3.05, 3.63) is 60.2 Å². The van der Waals surface area contributed by atoms with Crippen LogP contribution in [0.15, 0.2) is 54.6 Å². The molecule has 0 spiro atoms. The molecule has 0 saturated carbocycles. The van der Waals surface area contributed by atoms with Gasteiger partial charge in [0.25, 0.3) is 5.91 Å². The molecule has 1 unspecified atom stereocenters. The Kier molecular flexibility index (Phi) is 7.29. The van der Waals surface area contributed by atoms with Gasteiger partial charge in [-0.3, -0.25) is 4.79 Å². The molecular formula is C20H25ClN2O. The minimum absolute atomic E-state index is 0. The van der Waals surface area contributed by atoms with Crippen molar-refractivity contribution in [2.75, 3.05) is 19.6 Å². The monoisotopic (exact) mass is 344 g/mol. The average Bonchev–Trinajstić information content (AvgIpc) is 2.63. The zero-order valence-corrected chi connectivity index (χ0v) is 14.6. The maximum absolute atomic E-state index is 12.2. The van der Waals surface area contributed by atoms with Crippen molar-refractivity contribution in [3.63, 3.8) is 0 Å². The minimum atomic E-state index is 0. The first kappa shape index (κ1) is 18.5. The zero-order chi connectivity index (χ0) is 15.9. The van der Waals surface area contributed by atoms with E-state index < -0.39 is 0 Å². The van der Waals surface area contributed by atoms with Crippen LogP contribution in [-0.2, 0) is 0 Å². The third-order valence-corrected chi connectivity index (χ3v) is 4.49. The van der Waals surface area contributed by atoms with Gasteiger partial charge in [-0.1, -0.05) is 42.5 Å². The largest absolute Gasteiger partial charge is 0.352 e. The maximum atomic E-state index is 12.2. The van der Waals surface area contributed by atoms with E-state index in [9.17, 15) is 4.79 Å². The summed E-state index contributed by atoms with van der Waals surface area (Å²) >= 11 is 0. The van der Waals surface area contributed by atoms with Crippen LogP contribution >= 0.6 is 12.4 Å². The quantitative estimate of drug-likeness (QED) is 0.863. The van der Waals surface area contributed by atoms with Gasteiger partial charge in [0.1, 0.15) is 0 Å². The van der Waals surface area contributed by atoms with E-state index in [0.717, 1.165) is 37.2 Å². The van der Waals surface area contributed by atoms with E-state index in [1.54, 1.807) is 0 Å². The van der Waals surface area contributed by atoms with E-state index in [0.29, 0.717) is 5.92 Å². The van der Waals surface area contributed by atoms with Gasteiger partial charge in [0.15, 0.2) is 0 Å². The van der Waals surface area contributed by atoms with Crippen LogP contribution in [0.3, 0.4) is 0 Å². The number of benzene rings is 2. The van der Waals surface area contributed by atoms with Crippen molar-refractivity contribution >= 4 is 18.3 Å². The molecule has 2 aromatic carbocycles. The van der Waals surface area contributed by atoms with Gasteiger partial charge in [-0.05, 0) is 61.5 Å². The van der Waals surface area contributed by atoms with Gasteiger partial charge in [-0.2, -0.15) is 0 Å². The lowest BCUT2D eigenvalue weighted by Crippen LogP contribution is -2.33. The molecule has 0 bridgehead atoms. The lowest BCUT2D eigenvalue weighted by atomic mass is 9.96. The fraction of sp³-hybridized carbons (Fsp3) is 0.350. The summed E-state index contributed by atoms with van der Waals surface area (Å²) in [4.78, 5) is 12.2.